The number of hydrogen-bond donors (Lipinski definition) is 2. The molecule has 2 N–H and O–H groups in total. The number of rotatable bonds is 4. The van der Waals surface area contributed by atoms with Crippen molar-refractivity contribution in [2.75, 3.05) is 13.2 Å². The van der Waals surface area contributed by atoms with Gasteiger partial charge in [-0.3, -0.25) is 4.79 Å². The molecule has 7 nitrogen and oxygen atoms in total. The predicted molar refractivity (Wildman–Crippen MR) is 101 cm³/mol. The molecular weight excluding hydrogens is 368 g/mol. The van der Waals surface area contributed by atoms with Crippen LogP contribution < -0.4 is 19.8 Å². The van der Waals surface area contributed by atoms with Crippen molar-refractivity contribution in [1.29, 1.82) is 0 Å². The lowest BCUT2D eigenvalue weighted by atomic mass is 10.1. The molecule has 3 aromatic rings. The fraction of sp³-hybridized carbons (Fsp3) is 0.211. The maximum atomic E-state index is 12.6. The molecule has 0 bridgehead atoms. The summed E-state index contributed by atoms with van der Waals surface area (Å²) >= 11 is 0. The van der Waals surface area contributed by atoms with Crippen molar-refractivity contribution in [1.82, 2.24) is 9.71 Å². The molecule has 0 amide bonds. The highest BCUT2D eigenvalue weighted by molar-refractivity contribution is 7.89. The van der Waals surface area contributed by atoms with Crippen molar-refractivity contribution in [3.63, 3.8) is 0 Å². The summed E-state index contributed by atoms with van der Waals surface area (Å²) in [6.07, 6.45) is 0. The molecule has 27 heavy (non-hydrogen) atoms. The van der Waals surface area contributed by atoms with Crippen LogP contribution in [0.1, 0.15) is 11.1 Å². The number of nitrogens with one attached hydrogen (secondary N) is 2. The molecule has 2 aromatic carbocycles. The third-order valence-electron chi connectivity index (χ3n) is 4.35. The summed E-state index contributed by atoms with van der Waals surface area (Å²) in [5, 5.41) is 0.850. The number of benzene rings is 2. The lowest BCUT2D eigenvalue weighted by Gasteiger charge is -2.18. The highest BCUT2D eigenvalue weighted by atomic mass is 32.2. The molecule has 8 heteroatoms. The van der Waals surface area contributed by atoms with Crippen molar-refractivity contribution in [3.8, 4) is 11.5 Å². The summed E-state index contributed by atoms with van der Waals surface area (Å²) in [6, 6.07) is 11.8. The molecule has 140 valence electrons. The van der Waals surface area contributed by atoms with E-state index in [0.29, 0.717) is 35.8 Å². The molecule has 4 rings (SSSR count). The van der Waals surface area contributed by atoms with Crippen molar-refractivity contribution in [2.45, 2.75) is 18.4 Å². The number of sulfonamides is 1. The van der Waals surface area contributed by atoms with Crippen LogP contribution in [0.4, 0.5) is 0 Å². The van der Waals surface area contributed by atoms with Crippen LogP contribution in [0.25, 0.3) is 10.9 Å². The van der Waals surface area contributed by atoms with Gasteiger partial charge in [0, 0.05) is 23.7 Å². The summed E-state index contributed by atoms with van der Waals surface area (Å²) in [7, 11) is -3.81. The Morgan fingerprint density at radius 3 is 2.63 bits per heavy atom. The normalized spacial score (nSPS) is 13.7. The van der Waals surface area contributed by atoms with Crippen molar-refractivity contribution >= 4 is 20.9 Å². The van der Waals surface area contributed by atoms with Gasteiger partial charge >= 0.3 is 0 Å². The van der Waals surface area contributed by atoms with Gasteiger partial charge in [-0.15, -0.1) is 0 Å². The second-order valence-electron chi connectivity index (χ2n) is 6.34. The first-order valence-corrected chi connectivity index (χ1v) is 9.92. The minimum Gasteiger partial charge on any atom is -0.486 e. The monoisotopic (exact) mass is 386 g/mol. The molecule has 0 saturated heterocycles. The van der Waals surface area contributed by atoms with E-state index < -0.39 is 10.0 Å². The van der Waals surface area contributed by atoms with Gasteiger partial charge in [-0.05, 0) is 42.6 Å². The molecular formula is C19H18N2O5S. The summed E-state index contributed by atoms with van der Waals surface area (Å²) in [6.45, 7) is 2.64. The van der Waals surface area contributed by atoms with Crippen LogP contribution in [0, 0.1) is 6.92 Å². The summed E-state index contributed by atoms with van der Waals surface area (Å²) < 4.78 is 38.5. The molecule has 0 saturated carbocycles. The number of ether oxygens (including phenoxy) is 2. The summed E-state index contributed by atoms with van der Waals surface area (Å²) in [5.74, 6) is 0.907. The molecule has 1 aromatic heterocycles. The van der Waals surface area contributed by atoms with E-state index in [9.17, 15) is 13.2 Å². The van der Waals surface area contributed by atoms with Crippen LogP contribution in [0.3, 0.4) is 0 Å². The van der Waals surface area contributed by atoms with Gasteiger partial charge in [-0.25, -0.2) is 13.1 Å². The Hall–Kier alpha value is -2.84. The van der Waals surface area contributed by atoms with E-state index in [2.05, 4.69) is 9.71 Å². The second kappa shape index (κ2) is 6.71. The highest BCUT2D eigenvalue weighted by Crippen LogP contribution is 2.32. The van der Waals surface area contributed by atoms with Gasteiger partial charge in [-0.1, -0.05) is 11.6 Å². The van der Waals surface area contributed by atoms with E-state index >= 15 is 0 Å². The molecule has 0 spiro atoms. The van der Waals surface area contributed by atoms with Gasteiger partial charge in [0.25, 0.3) is 5.56 Å². The van der Waals surface area contributed by atoms with Crippen molar-refractivity contribution < 1.29 is 17.9 Å². The number of aromatic nitrogens is 1. The fourth-order valence-corrected chi connectivity index (χ4v) is 3.97. The molecule has 0 unspecified atom stereocenters. The Kier molecular flexibility index (Phi) is 4.37. The summed E-state index contributed by atoms with van der Waals surface area (Å²) in [4.78, 5) is 15.1. The standard InChI is InChI=1S/C19H18N2O5S/c1-12-2-4-16-13(8-12)9-14(19(22)21-16)11-20-27(23,24)15-3-5-17-18(10-15)26-7-6-25-17/h2-5,8-10,20H,6-7,11H2,1H3,(H,21,22). The average molecular weight is 386 g/mol. The number of aromatic amines is 1. The lowest BCUT2D eigenvalue weighted by Crippen LogP contribution is -2.27. The Bertz CT molecular complexity index is 1180. The minimum absolute atomic E-state index is 0.0554. The maximum Gasteiger partial charge on any atom is 0.252 e. The Morgan fingerprint density at radius 1 is 1.04 bits per heavy atom. The van der Waals surface area contributed by atoms with Crippen LogP contribution in [0.5, 0.6) is 11.5 Å². The Labute approximate surface area is 156 Å². The molecule has 2 heterocycles. The number of hydrogen-bond acceptors (Lipinski definition) is 5. The van der Waals surface area contributed by atoms with Crippen molar-refractivity contribution in [3.05, 3.63) is 63.9 Å². The lowest BCUT2D eigenvalue weighted by molar-refractivity contribution is 0.171. The smallest absolute Gasteiger partial charge is 0.252 e. The molecule has 0 fully saturated rings. The van der Waals surface area contributed by atoms with E-state index in [0.717, 1.165) is 10.9 Å². The maximum absolute atomic E-state index is 12.6. The number of aryl methyl sites for hydroxylation is 1. The van der Waals surface area contributed by atoms with Gasteiger partial charge in [0.15, 0.2) is 11.5 Å². The van der Waals surface area contributed by atoms with E-state index in [1.807, 2.05) is 25.1 Å². The highest BCUT2D eigenvalue weighted by Gasteiger charge is 2.19. The first-order chi connectivity index (χ1) is 12.9. The molecule has 0 radical (unpaired) electrons. The van der Waals surface area contributed by atoms with Gasteiger partial charge in [0.2, 0.25) is 10.0 Å². The van der Waals surface area contributed by atoms with Gasteiger partial charge < -0.3 is 14.5 Å². The zero-order valence-corrected chi connectivity index (χ0v) is 15.4. The van der Waals surface area contributed by atoms with Crippen LogP contribution in [-0.2, 0) is 16.6 Å². The quantitative estimate of drug-likeness (QED) is 0.716. The number of fused-ring (bicyclic) bond motifs is 2. The van der Waals surface area contributed by atoms with Crippen molar-refractivity contribution in [2.24, 2.45) is 0 Å². The largest absolute Gasteiger partial charge is 0.486 e. The number of pyridine rings is 1. The predicted octanol–water partition coefficient (Wildman–Crippen LogP) is 2.09. The first kappa shape index (κ1) is 17.6. The van der Waals surface area contributed by atoms with E-state index in [1.165, 1.54) is 12.1 Å². The number of H-pyrrole nitrogens is 1. The third kappa shape index (κ3) is 3.54. The third-order valence-corrected chi connectivity index (χ3v) is 5.75. The van der Waals surface area contributed by atoms with Gasteiger partial charge in [-0.2, -0.15) is 0 Å². The zero-order valence-electron chi connectivity index (χ0n) is 14.6. The van der Waals surface area contributed by atoms with Crippen LogP contribution in [0.15, 0.2) is 52.2 Å². The average Bonchev–Trinajstić information content (AvgIpc) is 2.66. The first-order valence-electron chi connectivity index (χ1n) is 8.44. The SMILES string of the molecule is Cc1ccc2[nH]c(=O)c(CNS(=O)(=O)c3ccc4c(c3)OCCO4)cc2c1. The fourth-order valence-electron chi connectivity index (χ4n) is 2.95. The van der Waals surface area contributed by atoms with Gasteiger partial charge in [0.05, 0.1) is 4.90 Å². The van der Waals surface area contributed by atoms with E-state index in [-0.39, 0.29) is 17.0 Å². The topological polar surface area (TPSA) is 97.5 Å². The molecule has 1 aliphatic rings. The minimum atomic E-state index is -3.81. The molecule has 1 aliphatic heterocycles. The van der Waals surface area contributed by atoms with Gasteiger partial charge in [0.1, 0.15) is 13.2 Å². The van der Waals surface area contributed by atoms with Crippen LogP contribution in [0.2, 0.25) is 0 Å². The van der Waals surface area contributed by atoms with E-state index in [1.54, 1.807) is 12.1 Å². The van der Waals surface area contributed by atoms with Crippen LogP contribution in [-0.4, -0.2) is 26.6 Å². The zero-order chi connectivity index (χ0) is 19.0. The Morgan fingerprint density at radius 2 is 1.81 bits per heavy atom. The Balaban J connectivity index is 1.60. The van der Waals surface area contributed by atoms with E-state index in [4.69, 9.17) is 9.47 Å². The molecule has 0 aliphatic carbocycles. The van der Waals surface area contributed by atoms with Crippen LogP contribution >= 0.6 is 0 Å². The summed E-state index contributed by atoms with van der Waals surface area (Å²) in [5.41, 5.74) is 1.78. The second-order valence-corrected chi connectivity index (χ2v) is 8.11. The molecule has 0 atom stereocenters.